The third-order valence-corrected chi connectivity index (χ3v) is 6.07. The topological polar surface area (TPSA) is 64.6 Å². The van der Waals surface area contributed by atoms with E-state index in [1.165, 1.54) is 22.9 Å². The molecule has 10 heteroatoms. The van der Waals surface area contributed by atoms with Gasteiger partial charge < -0.3 is 9.47 Å². The molecule has 0 unspecified atom stereocenters. The van der Waals surface area contributed by atoms with Crippen molar-refractivity contribution in [1.82, 2.24) is 0 Å². The zero-order valence-electron chi connectivity index (χ0n) is 17.5. The Hall–Kier alpha value is -2.75. The van der Waals surface area contributed by atoms with Crippen molar-refractivity contribution >= 4 is 27.3 Å². The van der Waals surface area contributed by atoms with E-state index >= 15 is 0 Å². The zero-order valence-corrected chi connectivity index (χ0v) is 19.1. The second-order valence-corrected chi connectivity index (χ2v) is 9.21. The monoisotopic (exact) mass is 499 g/mol. The van der Waals surface area contributed by atoms with Gasteiger partial charge in [-0.1, -0.05) is 48.0 Å². The van der Waals surface area contributed by atoms with Gasteiger partial charge in [0.15, 0.2) is 0 Å². The van der Waals surface area contributed by atoms with Crippen molar-refractivity contribution in [3.8, 4) is 16.9 Å². The summed E-state index contributed by atoms with van der Waals surface area (Å²) < 4.78 is 72.8. The molecule has 0 bridgehead atoms. The number of halogens is 4. The second-order valence-electron chi connectivity index (χ2n) is 7.10. The lowest BCUT2D eigenvalue weighted by molar-refractivity contribution is -0.0429. The van der Waals surface area contributed by atoms with Gasteiger partial charge in [0.05, 0.1) is 20.3 Å². The van der Waals surface area contributed by atoms with Crippen LogP contribution >= 0.6 is 11.6 Å². The highest BCUT2D eigenvalue weighted by molar-refractivity contribution is 7.93. The maximum absolute atomic E-state index is 12.5. The van der Waals surface area contributed by atoms with Crippen LogP contribution < -0.4 is 9.46 Å². The van der Waals surface area contributed by atoms with Gasteiger partial charge in [0, 0.05) is 16.3 Å². The number of ether oxygens (including phenoxy) is 2. The fourth-order valence-electron chi connectivity index (χ4n) is 3.08. The molecule has 0 aliphatic carbocycles. The molecule has 0 spiro atoms. The minimum Gasteiger partial charge on any atom is -0.496 e. The standard InChI is InChI=1S/C23H21ClF3NO4S/c1-31-22-14-17(5-10-21(22)18-6-8-19(24)9-7-18)15-32-12-11-16-3-2-4-20(13-16)28-33(29,30)23(25,26)27/h2-10,13-14,28H,11-12,15H2,1H3. The first-order valence-electron chi connectivity index (χ1n) is 9.78. The molecule has 0 aliphatic heterocycles. The molecule has 0 radical (unpaired) electrons. The summed E-state index contributed by atoms with van der Waals surface area (Å²) in [7, 11) is -3.88. The first kappa shape index (κ1) is 24.9. The molecule has 5 nitrogen and oxygen atoms in total. The third kappa shape index (κ3) is 6.63. The molecule has 3 rings (SSSR count). The number of hydrogen-bond acceptors (Lipinski definition) is 4. The summed E-state index contributed by atoms with van der Waals surface area (Å²) in [6.07, 6.45) is 0.390. The van der Waals surface area contributed by atoms with Gasteiger partial charge in [-0.05, 0) is 53.4 Å². The van der Waals surface area contributed by atoms with Crippen LogP contribution in [0, 0.1) is 0 Å². The number of rotatable bonds is 9. The first-order chi connectivity index (χ1) is 15.6. The van der Waals surface area contributed by atoms with Gasteiger partial charge in [-0.15, -0.1) is 0 Å². The van der Waals surface area contributed by atoms with Gasteiger partial charge in [0.2, 0.25) is 0 Å². The molecule has 0 aromatic heterocycles. The number of nitrogens with one attached hydrogen (secondary N) is 1. The molecule has 1 N–H and O–H groups in total. The lowest BCUT2D eigenvalue weighted by Gasteiger charge is -2.12. The van der Waals surface area contributed by atoms with E-state index in [4.69, 9.17) is 21.1 Å². The van der Waals surface area contributed by atoms with Gasteiger partial charge in [-0.3, -0.25) is 4.72 Å². The summed E-state index contributed by atoms with van der Waals surface area (Å²) in [5, 5.41) is 0.644. The van der Waals surface area contributed by atoms with E-state index in [0.29, 0.717) is 29.4 Å². The lowest BCUT2D eigenvalue weighted by atomic mass is 10.0. The number of sulfonamides is 1. The molecule has 0 aliphatic rings. The minimum atomic E-state index is -5.46. The summed E-state index contributed by atoms with van der Waals surface area (Å²) in [5.41, 5.74) is -2.14. The van der Waals surface area contributed by atoms with Crippen LogP contribution in [0.4, 0.5) is 18.9 Å². The number of anilines is 1. The average Bonchev–Trinajstić information content (AvgIpc) is 2.76. The van der Waals surface area contributed by atoms with Gasteiger partial charge in [-0.25, -0.2) is 0 Å². The molecule has 0 amide bonds. The van der Waals surface area contributed by atoms with E-state index in [0.717, 1.165) is 16.7 Å². The van der Waals surface area contributed by atoms with Crippen molar-refractivity contribution < 1.29 is 31.1 Å². The smallest absolute Gasteiger partial charge is 0.496 e. The van der Waals surface area contributed by atoms with E-state index < -0.39 is 15.5 Å². The Morgan fingerprint density at radius 3 is 2.36 bits per heavy atom. The highest BCUT2D eigenvalue weighted by atomic mass is 35.5. The third-order valence-electron chi connectivity index (χ3n) is 4.71. The van der Waals surface area contributed by atoms with E-state index in [1.54, 1.807) is 25.3 Å². The van der Waals surface area contributed by atoms with E-state index in [-0.39, 0.29) is 12.3 Å². The Morgan fingerprint density at radius 1 is 0.970 bits per heavy atom. The summed E-state index contributed by atoms with van der Waals surface area (Å²) in [4.78, 5) is 0. The minimum absolute atomic E-state index is 0.160. The van der Waals surface area contributed by atoms with Crippen molar-refractivity contribution in [3.05, 3.63) is 82.9 Å². The maximum Gasteiger partial charge on any atom is 0.516 e. The molecule has 0 atom stereocenters. The molecule has 3 aromatic rings. The molecule has 33 heavy (non-hydrogen) atoms. The van der Waals surface area contributed by atoms with Crippen LogP contribution in [0.2, 0.25) is 5.02 Å². The number of alkyl halides is 3. The maximum atomic E-state index is 12.5. The molecule has 0 heterocycles. The molecular weight excluding hydrogens is 479 g/mol. The summed E-state index contributed by atoms with van der Waals surface area (Å²) in [6.45, 7) is 0.592. The Bertz CT molecular complexity index is 1200. The first-order valence-corrected chi connectivity index (χ1v) is 11.6. The fourth-order valence-corrected chi connectivity index (χ4v) is 3.76. The summed E-state index contributed by atoms with van der Waals surface area (Å²) >= 11 is 5.94. The SMILES string of the molecule is COc1cc(COCCc2cccc(NS(=O)(=O)C(F)(F)F)c2)ccc1-c1ccc(Cl)cc1. The zero-order chi connectivity index (χ0) is 24.1. The van der Waals surface area contributed by atoms with E-state index in [1.807, 2.05) is 30.3 Å². The molecule has 0 saturated carbocycles. The normalized spacial score (nSPS) is 11.9. The molecule has 0 fully saturated rings. The second kappa shape index (κ2) is 10.5. The Morgan fingerprint density at radius 2 is 1.70 bits per heavy atom. The quantitative estimate of drug-likeness (QED) is 0.365. The average molecular weight is 500 g/mol. The van der Waals surface area contributed by atoms with Crippen LogP contribution in [-0.2, 0) is 27.8 Å². The van der Waals surface area contributed by atoms with Crippen LogP contribution in [0.15, 0.2) is 66.7 Å². The van der Waals surface area contributed by atoms with Crippen LogP contribution in [0.1, 0.15) is 11.1 Å². The highest BCUT2D eigenvalue weighted by Crippen LogP contribution is 2.32. The van der Waals surface area contributed by atoms with Crippen molar-refractivity contribution in [3.63, 3.8) is 0 Å². The van der Waals surface area contributed by atoms with Gasteiger partial charge in [0.1, 0.15) is 5.75 Å². The molecule has 0 saturated heterocycles. The summed E-state index contributed by atoms with van der Waals surface area (Å²) in [5.74, 6) is 0.683. The number of hydrogen-bond donors (Lipinski definition) is 1. The largest absolute Gasteiger partial charge is 0.516 e. The van der Waals surface area contributed by atoms with Crippen LogP contribution in [0.3, 0.4) is 0 Å². The number of methoxy groups -OCH3 is 1. The van der Waals surface area contributed by atoms with Crippen molar-refractivity contribution in [2.24, 2.45) is 0 Å². The van der Waals surface area contributed by atoms with E-state index in [9.17, 15) is 21.6 Å². The van der Waals surface area contributed by atoms with Crippen LogP contribution in [-0.4, -0.2) is 27.6 Å². The number of benzene rings is 3. The molecule has 176 valence electrons. The van der Waals surface area contributed by atoms with Crippen LogP contribution in [0.5, 0.6) is 5.75 Å². The summed E-state index contributed by atoms with van der Waals surface area (Å²) in [6, 6.07) is 18.9. The highest BCUT2D eigenvalue weighted by Gasteiger charge is 2.46. The van der Waals surface area contributed by atoms with Crippen LogP contribution in [0.25, 0.3) is 11.1 Å². The Kier molecular flexibility index (Phi) is 7.88. The van der Waals surface area contributed by atoms with Gasteiger partial charge >= 0.3 is 15.5 Å². The van der Waals surface area contributed by atoms with Crippen molar-refractivity contribution in [2.75, 3.05) is 18.4 Å². The van der Waals surface area contributed by atoms with E-state index in [2.05, 4.69) is 0 Å². The fraction of sp³-hybridized carbons (Fsp3) is 0.217. The van der Waals surface area contributed by atoms with Gasteiger partial charge in [0.25, 0.3) is 0 Å². The van der Waals surface area contributed by atoms with Crippen molar-refractivity contribution in [1.29, 1.82) is 0 Å². The Labute approximate surface area is 195 Å². The predicted molar refractivity (Wildman–Crippen MR) is 122 cm³/mol. The van der Waals surface area contributed by atoms with Crippen molar-refractivity contribution in [2.45, 2.75) is 18.5 Å². The Balaban J connectivity index is 1.57. The van der Waals surface area contributed by atoms with Gasteiger partial charge in [-0.2, -0.15) is 21.6 Å². The predicted octanol–water partition coefficient (Wildman–Crippen LogP) is 6.04. The molecule has 3 aromatic carbocycles. The molecular formula is C23H21ClF3NO4S. The lowest BCUT2D eigenvalue weighted by Crippen LogP contribution is -2.29.